The molecule has 1 heterocycles. The quantitative estimate of drug-likeness (QED) is 0.846. The van der Waals surface area contributed by atoms with E-state index in [0.717, 1.165) is 19.5 Å². The Hall–Kier alpha value is -0.900. The number of rotatable bonds is 6. The van der Waals surface area contributed by atoms with Crippen molar-refractivity contribution in [2.75, 3.05) is 39.3 Å². The van der Waals surface area contributed by atoms with E-state index in [4.69, 9.17) is 5.73 Å². The second-order valence-electron chi connectivity index (χ2n) is 5.43. The second-order valence-corrected chi connectivity index (χ2v) is 5.43. The number of nitrogens with zero attached hydrogens (tertiary/aromatic N) is 2. The average Bonchev–Trinajstić information content (AvgIpc) is 2.44. The van der Waals surface area contributed by atoms with Gasteiger partial charge in [0.2, 0.25) is 0 Å². The van der Waals surface area contributed by atoms with Crippen LogP contribution in [0.1, 0.15) is 24.5 Å². The van der Waals surface area contributed by atoms with Crippen molar-refractivity contribution < 1.29 is 0 Å². The molecule has 0 atom stereocenters. The van der Waals surface area contributed by atoms with Gasteiger partial charge >= 0.3 is 0 Å². The first kappa shape index (κ1) is 14.5. The zero-order valence-electron chi connectivity index (χ0n) is 12.1. The predicted octanol–water partition coefficient (Wildman–Crippen LogP) is 1.72. The Morgan fingerprint density at radius 1 is 1.00 bits per heavy atom. The minimum atomic E-state index is 0.737. The van der Waals surface area contributed by atoms with Gasteiger partial charge in [0.25, 0.3) is 0 Å². The van der Waals surface area contributed by atoms with Crippen LogP contribution in [0.2, 0.25) is 0 Å². The number of hydrogen-bond acceptors (Lipinski definition) is 3. The molecule has 106 valence electrons. The molecule has 19 heavy (non-hydrogen) atoms. The van der Waals surface area contributed by atoms with E-state index >= 15 is 0 Å². The van der Waals surface area contributed by atoms with Crippen LogP contribution in [-0.2, 0) is 13.0 Å². The van der Waals surface area contributed by atoms with Crippen molar-refractivity contribution >= 4 is 0 Å². The molecular formula is C16H27N3. The molecule has 1 aromatic rings. The van der Waals surface area contributed by atoms with E-state index in [2.05, 4.69) is 41.0 Å². The molecule has 0 spiro atoms. The van der Waals surface area contributed by atoms with Crippen molar-refractivity contribution in [1.82, 2.24) is 9.80 Å². The lowest BCUT2D eigenvalue weighted by Gasteiger charge is -2.34. The molecule has 0 radical (unpaired) electrons. The van der Waals surface area contributed by atoms with Crippen LogP contribution in [0, 0.1) is 0 Å². The van der Waals surface area contributed by atoms with Crippen molar-refractivity contribution in [3.8, 4) is 0 Å². The van der Waals surface area contributed by atoms with Gasteiger partial charge in [0.1, 0.15) is 0 Å². The minimum Gasteiger partial charge on any atom is -0.330 e. The summed E-state index contributed by atoms with van der Waals surface area (Å²) in [5.41, 5.74) is 8.57. The number of benzene rings is 1. The SMILES string of the molecule is CCCN1CCN(Cc2ccccc2CCN)CC1. The first-order valence-corrected chi connectivity index (χ1v) is 7.55. The molecule has 1 aliphatic rings. The van der Waals surface area contributed by atoms with Crippen molar-refractivity contribution in [3.05, 3.63) is 35.4 Å². The third kappa shape index (κ3) is 4.30. The van der Waals surface area contributed by atoms with Crippen molar-refractivity contribution in [1.29, 1.82) is 0 Å². The normalized spacial score (nSPS) is 17.8. The maximum Gasteiger partial charge on any atom is 0.0237 e. The van der Waals surface area contributed by atoms with E-state index in [-0.39, 0.29) is 0 Å². The summed E-state index contributed by atoms with van der Waals surface area (Å²) in [6, 6.07) is 8.73. The molecule has 2 N–H and O–H groups in total. The summed E-state index contributed by atoms with van der Waals surface area (Å²) in [6.45, 7) is 10.1. The van der Waals surface area contributed by atoms with Crippen molar-refractivity contribution in [2.24, 2.45) is 5.73 Å². The average molecular weight is 261 g/mol. The number of piperazine rings is 1. The van der Waals surface area contributed by atoms with Crippen LogP contribution in [0.25, 0.3) is 0 Å². The largest absolute Gasteiger partial charge is 0.330 e. The van der Waals surface area contributed by atoms with Gasteiger partial charge in [-0.25, -0.2) is 0 Å². The summed E-state index contributed by atoms with van der Waals surface area (Å²) >= 11 is 0. The summed E-state index contributed by atoms with van der Waals surface area (Å²) in [4.78, 5) is 5.14. The lowest BCUT2D eigenvalue weighted by Crippen LogP contribution is -2.46. The molecule has 3 nitrogen and oxygen atoms in total. The second kappa shape index (κ2) is 7.63. The van der Waals surface area contributed by atoms with E-state index in [1.807, 2.05) is 0 Å². The monoisotopic (exact) mass is 261 g/mol. The lowest BCUT2D eigenvalue weighted by molar-refractivity contribution is 0.127. The zero-order valence-corrected chi connectivity index (χ0v) is 12.1. The smallest absolute Gasteiger partial charge is 0.0237 e. The molecule has 1 fully saturated rings. The molecule has 0 aliphatic carbocycles. The number of hydrogen-bond donors (Lipinski definition) is 1. The first-order valence-electron chi connectivity index (χ1n) is 7.55. The fraction of sp³-hybridized carbons (Fsp3) is 0.625. The van der Waals surface area contributed by atoms with E-state index in [1.165, 1.54) is 50.3 Å². The van der Waals surface area contributed by atoms with Crippen LogP contribution in [0.5, 0.6) is 0 Å². The minimum absolute atomic E-state index is 0.737. The lowest BCUT2D eigenvalue weighted by atomic mass is 10.0. The van der Waals surface area contributed by atoms with Crippen LogP contribution in [-0.4, -0.2) is 49.1 Å². The van der Waals surface area contributed by atoms with Gasteiger partial charge in [0.05, 0.1) is 0 Å². The molecule has 2 rings (SSSR count). The summed E-state index contributed by atoms with van der Waals surface area (Å²) < 4.78 is 0. The molecular weight excluding hydrogens is 234 g/mol. The fourth-order valence-electron chi connectivity index (χ4n) is 2.84. The highest BCUT2D eigenvalue weighted by Crippen LogP contribution is 2.14. The first-order chi connectivity index (χ1) is 9.33. The van der Waals surface area contributed by atoms with Crippen LogP contribution >= 0.6 is 0 Å². The molecule has 3 heteroatoms. The van der Waals surface area contributed by atoms with E-state index in [0.29, 0.717) is 0 Å². The zero-order chi connectivity index (χ0) is 13.5. The summed E-state index contributed by atoms with van der Waals surface area (Å²) in [5.74, 6) is 0. The predicted molar refractivity (Wildman–Crippen MR) is 81.2 cm³/mol. The topological polar surface area (TPSA) is 32.5 Å². The summed E-state index contributed by atoms with van der Waals surface area (Å²) in [6.07, 6.45) is 2.26. The van der Waals surface area contributed by atoms with E-state index < -0.39 is 0 Å². The molecule has 0 bridgehead atoms. The van der Waals surface area contributed by atoms with Crippen LogP contribution in [0.3, 0.4) is 0 Å². The number of nitrogens with two attached hydrogens (primary N) is 1. The van der Waals surface area contributed by atoms with E-state index in [9.17, 15) is 0 Å². The third-order valence-corrected chi connectivity index (χ3v) is 3.93. The molecule has 0 aromatic heterocycles. The molecule has 1 saturated heterocycles. The standard InChI is InChI=1S/C16H27N3/c1-2-9-18-10-12-19(13-11-18)14-16-6-4-3-5-15(16)7-8-17/h3-6H,2,7-14,17H2,1H3. The third-order valence-electron chi connectivity index (χ3n) is 3.93. The Morgan fingerprint density at radius 3 is 2.26 bits per heavy atom. The molecule has 0 unspecified atom stereocenters. The van der Waals surface area contributed by atoms with Gasteiger partial charge in [-0.05, 0) is 37.1 Å². The Morgan fingerprint density at radius 2 is 1.63 bits per heavy atom. The van der Waals surface area contributed by atoms with Gasteiger partial charge in [0.15, 0.2) is 0 Å². The van der Waals surface area contributed by atoms with Crippen LogP contribution in [0.4, 0.5) is 0 Å². The van der Waals surface area contributed by atoms with Crippen molar-refractivity contribution in [3.63, 3.8) is 0 Å². The van der Waals surface area contributed by atoms with Crippen molar-refractivity contribution in [2.45, 2.75) is 26.3 Å². The Balaban J connectivity index is 1.88. The molecule has 1 aliphatic heterocycles. The molecule has 0 saturated carbocycles. The van der Waals surface area contributed by atoms with E-state index in [1.54, 1.807) is 0 Å². The van der Waals surface area contributed by atoms with Gasteiger partial charge in [-0.15, -0.1) is 0 Å². The summed E-state index contributed by atoms with van der Waals surface area (Å²) in [7, 11) is 0. The molecule has 1 aromatic carbocycles. The Labute approximate surface area is 117 Å². The van der Waals surface area contributed by atoms with Gasteiger partial charge < -0.3 is 10.6 Å². The Bertz CT molecular complexity index is 370. The van der Waals surface area contributed by atoms with Gasteiger partial charge in [0, 0.05) is 32.7 Å². The highest BCUT2D eigenvalue weighted by Gasteiger charge is 2.16. The van der Waals surface area contributed by atoms with Gasteiger partial charge in [-0.2, -0.15) is 0 Å². The van der Waals surface area contributed by atoms with Gasteiger partial charge in [-0.1, -0.05) is 31.2 Å². The highest BCUT2D eigenvalue weighted by atomic mass is 15.3. The Kier molecular flexibility index (Phi) is 5.83. The van der Waals surface area contributed by atoms with Gasteiger partial charge in [-0.3, -0.25) is 4.90 Å². The van der Waals surface area contributed by atoms with Crippen LogP contribution in [0.15, 0.2) is 24.3 Å². The highest BCUT2D eigenvalue weighted by molar-refractivity contribution is 5.27. The van der Waals surface area contributed by atoms with Crippen LogP contribution < -0.4 is 5.73 Å². The maximum absolute atomic E-state index is 5.69. The maximum atomic E-state index is 5.69. The fourth-order valence-corrected chi connectivity index (χ4v) is 2.84. The summed E-state index contributed by atoms with van der Waals surface area (Å²) in [5, 5.41) is 0. The molecule has 0 amide bonds.